The lowest BCUT2D eigenvalue weighted by molar-refractivity contribution is -0.0194. The van der Waals surface area contributed by atoms with Crippen molar-refractivity contribution in [1.82, 2.24) is 0 Å². The minimum atomic E-state index is -1.20. The van der Waals surface area contributed by atoms with E-state index in [1.54, 1.807) is 12.1 Å². The van der Waals surface area contributed by atoms with Crippen LogP contribution in [0, 0.1) is 17.6 Å². The molecule has 2 nitrogen and oxygen atoms in total. The highest BCUT2D eigenvalue weighted by atomic mass is 19.2. The molecule has 1 fully saturated rings. The van der Waals surface area contributed by atoms with Gasteiger partial charge in [0.2, 0.25) is 12.7 Å². The molecule has 1 aliphatic rings. The highest BCUT2D eigenvalue weighted by Crippen LogP contribution is 2.34. The average Bonchev–Trinajstić information content (AvgIpc) is 2.67. The van der Waals surface area contributed by atoms with Crippen LogP contribution in [0.3, 0.4) is 0 Å². The lowest BCUT2D eigenvalue weighted by Crippen LogP contribution is -2.20. The second kappa shape index (κ2) is 8.58. The van der Waals surface area contributed by atoms with Gasteiger partial charge in [-0.2, -0.15) is 4.39 Å². The van der Waals surface area contributed by atoms with Crippen LogP contribution < -0.4 is 4.74 Å². The Morgan fingerprint density at radius 3 is 2.42 bits per heavy atom. The molecule has 2 aromatic rings. The molecule has 26 heavy (non-hydrogen) atoms. The fourth-order valence-corrected chi connectivity index (χ4v) is 3.51. The fraction of sp³-hybridized carbons (Fsp3) is 0.429. The van der Waals surface area contributed by atoms with E-state index in [9.17, 15) is 13.2 Å². The average molecular weight is 364 g/mol. The number of halogens is 3. The van der Waals surface area contributed by atoms with E-state index in [0.29, 0.717) is 11.5 Å². The van der Waals surface area contributed by atoms with Gasteiger partial charge in [-0.15, -0.1) is 0 Å². The first-order chi connectivity index (χ1) is 12.6. The maximum Gasteiger partial charge on any atom is 0.228 e. The minimum Gasteiger partial charge on any atom is -0.460 e. The van der Waals surface area contributed by atoms with Crippen molar-refractivity contribution < 1.29 is 22.6 Å². The van der Waals surface area contributed by atoms with Crippen molar-refractivity contribution in [2.45, 2.75) is 38.7 Å². The van der Waals surface area contributed by atoms with Crippen LogP contribution in [0.1, 0.15) is 44.3 Å². The number of rotatable bonds is 6. The zero-order valence-electron chi connectivity index (χ0n) is 14.8. The third-order valence-electron chi connectivity index (χ3n) is 4.92. The smallest absolute Gasteiger partial charge is 0.228 e. The van der Waals surface area contributed by atoms with E-state index in [-0.39, 0.29) is 11.7 Å². The Balaban J connectivity index is 1.73. The molecule has 0 aromatic heterocycles. The monoisotopic (exact) mass is 364 g/mol. The SMILES string of the molecule is CCCC1CCC(c2ccc(-c3ccc(OCF)c(F)c3F)cc2)OC1. The molecule has 3 rings (SSSR count). The normalized spacial score (nSPS) is 20.2. The fourth-order valence-electron chi connectivity index (χ4n) is 3.51. The zero-order valence-corrected chi connectivity index (χ0v) is 14.8. The Bertz CT molecular complexity index is 723. The molecular formula is C21H23F3O2. The quantitative estimate of drug-likeness (QED) is 0.607. The molecule has 0 aliphatic carbocycles. The summed E-state index contributed by atoms with van der Waals surface area (Å²) in [5.41, 5.74) is 1.71. The molecule has 0 saturated carbocycles. The van der Waals surface area contributed by atoms with Crippen molar-refractivity contribution in [2.75, 3.05) is 13.5 Å². The summed E-state index contributed by atoms with van der Waals surface area (Å²) in [4.78, 5) is 0. The molecule has 0 spiro atoms. The van der Waals surface area contributed by atoms with Crippen LogP contribution in [0.2, 0.25) is 0 Å². The van der Waals surface area contributed by atoms with Gasteiger partial charge in [-0.3, -0.25) is 0 Å². The first kappa shape index (κ1) is 18.8. The van der Waals surface area contributed by atoms with Gasteiger partial charge in [-0.1, -0.05) is 37.6 Å². The van der Waals surface area contributed by atoms with E-state index in [2.05, 4.69) is 11.7 Å². The van der Waals surface area contributed by atoms with Crippen LogP contribution in [0.4, 0.5) is 13.2 Å². The minimum absolute atomic E-state index is 0.0547. The Hall–Kier alpha value is -2.01. The summed E-state index contributed by atoms with van der Waals surface area (Å²) in [6.45, 7) is 1.75. The number of benzene rings is 2. The first-order valence-corrected chi connectivity index (χ1v) is 9.02. The summed E-state index contributed by atoms with van der Waals surface area (Å²) in [5.74, 6) is -2.01. The Morgan fingerprint density at radius 1 is 1.04 bits per heavy atom. The van der Waals surface area contributed by atoms with Crippen molar-refractivity contribution >= 4 is 0 Å². The molecule has 0 amide bonds. The zero-order chi connectivity index (χ0) is 18.5. The summed E-state index contributed by atoms with van der Waals surface area (Å²) in [6.07, 6.45) is 4.54. The van der Waals surface area contributed by atoms with Gasteiger partial charge in [-0.05, 0) is 48.4 Å². The van der Waals surface area contributed by atoms with E-state index in [0.717, 1.165) is 25.0 Å². The predicted octanol–water partition coefficient (Wildman–Crippen LogP) is 6.21. The number of alkyl halides is 1. The van der Waals surface area contributed by atoms with E-state index >= 15 is 0 Å². The van der Waals surface area contributed by atoms with Crippen LogP contribution >= 0.6 is 0 Å². The topological polar surface area (TPSA) is 18.5 Å². The third kappa shape index (κ3) is 4.04. The van der Waals surface area contributed by atoms with Crippen molar-refractivity contribution in [1.29, 1.82) is 0 Å². The second-order valence-electron chi connectivity index (χ2n) is 6.67. The van der Waals surface area contributed by atoms with Gasteiger partial charge in [0.25, 0.3) is 0 Å². The molecule has 2 atom stereocenters. The Morgan fingerprint density at radius 2 is 1.81 bits per heavy atom. The molecular weight excluding hydrogens is 341 g/mol. The molecule has 140 valence electrons. The maximum atomic E-state index is 14.2. The molecule has 2 aromatic carbocycles. The first-order valence-electron chi connectivity index (χ1n) is 9.02. The van der Waals surface area contributed by atoms with E-state index in [1.807, 2.05) is 12.1 Å². The van der Waals surface area contributed by atoms with Crippen LogP contribution in [0.5, 0.6) is 5.75 Å². The van der Waals surface area contributed by atoms with Crippen molar-refractivity contribution in [2.24, 2.45) is 5.92 Å². The maximum absolute atomic E-state index is 14.2. The van der Waals surface area contributed by atoms with Crippen LogP contribution in [-0.4, -0.2) is 13.5 Å². The van der Waals surface area contributed by atoms with Gasteiger partial charge < -0.3 is 9.47 Å². The summed E-state index contributed by atoms with van der Waals surface area (Å²) in [7, 11) is 0. The lowest BCUT2D eigenvalue weighted by Gasteiger charge is -2.29. The van der Waals surface area contributed by atoms with E-state index in [4.69, 9.17) is 4.74 Å². The molecule has 1 saturated heterocycles. The number of hydrogen-bond acceptors (Lipinski definition) is 2. The van der Waals surface area contributed by atoms with Crippen LogP contribution in [-0.2, 0) is 4.74 Å². The molecule has 0 bridgehead atoms. The summed E-state index contributed by atoms with van der Waals surface area (Å²) >= 11 is 0. The summed E-state index contributed by atoms with van der Waals surface area (Å²) in [5, 5.41) is 0. The Kier molecular flexibility index (Phi) is 6.20. The highest BCUT2D eigenvalue weighted by molar-refractivity contribution is 5.65. The van der Waals surface area contributed by atoms with Gasteiger partial charge in [0.15, 0.2) is 11.6 Å². The predicted molar refractivity (Wildman–Crippen MR) is 94.7 cm³/mol. The van der Waals surface area contributed by atoms with Gasteiger partial charge in [0, 0.05) is 5.56 Å². The van der Waals surface area contributed by atoms with Crippen LogP contribution in [0.25, 0.3) is 11.1 Å². The van der Waals surface area contributed by atoms with Gasteiger partial charge in [-0.25, -0.2) is 8.78 Å². The van der Waals surface area contributed by atoms with Crippen molar-refractivity contribution in [3.8, 4) is 16.9 Å². The number of hydrogen-bond donors (Lipinski definition) is 0. The largest absolute Gasteiger partial charge is 0.460 e. The van der Waals surface area contributed by atoms with E-state index < -0.39 is 24.2 Å². The highest BCUT2D eigenvalue weighted by Gasteiger charge is 2.22. The molecule has 1 aliphatic heterocycles. The van der Waals surface area contributed by atoms with Crippen molar-refractivity contribution in [3.63, 3.8) is 0 Å². The van der Waals surface area contributed by atoms with Gasteiger partial charge >= 0.3 is 0 Å². The van der Waals surface area contributed by atoms with E-state index in [1.165, 1.54) is 25.0 Å². The molecule has 5 heteroatoms. The van der Waals surface area contributed by atoms with Gasteiger partial charge in [0.05, 0.1) is 12.7 Å². The number of ether oxygens (including phenoxy) is 2. The standard InChI is InChI=1S/C21H23F3O2/c1-2-3-14-4-10-18(25-12-14)16-7-5-15(6-8-16)17-9-11-19(26-13-22)21(24)20(17)23/h5-9,11,14,18H,2-4,10,12-13H2,1H3. The summed E-state index contributed by atoms with van der Waals surface area (Å²) in [6, 6.07) is 9.92. The lowest BCUT2D eigenvalue weighted by atomic mass is 9.91. The molecule has 2 unspecified atom stereocenters. The molecule has 0 radical (unpaired) electrons. The summed E-state index contributed by atoms with van der Waals surface area (Å²) < 4.78 is 50.7. The van der Waals surface area contributed by atoms with Gasteiger partial charge in [0.1, 0.15) is 0 Å². The Labute approximate surface area is 151 Å². The van der Waals surface area contributed by atoms with Crippen LogP contribution in [0.15, 0.2) is 36.4 Å². The second-order valence-corrected chi connectivity index (χ2v) is 6.67. The molecule has 1 heterocycles. The third-order valence-corrected chi connectivity index (χ3v) is 4.92. The molecule has 0 N–H and O–H groups in total. The van der Waals surface area contributed by atoms with Crippen molar-refractivity contribution in [3.05, 3.63) is 53.6 Å².